The van der Waals surface area contributed by atoms with E-state index in [2.05, 4.69) is 42.3 Å². The predicted octanol–water partition coefficient (Wildman–Crippen LogP) is 5.44. The van der Waals surface area contributed by atoms with Crippen molar-refractivity contribution in [3.63, 3.8) is 0 Å². The van der Waals surface area contributed by atoms with Gasteiger partial charge in [-0.05, 0) is 78.1 Å². The first kappa shape index (κ1) is 21.2. The number of nitrogens with one attached hydrogen (secondary N) is 1. The lowest BCUT2D eigenvalue weighted by molar-refractivity contribution is -0.0348. The summed E-state index contributed by atoms with van der Waals surface area (Å²) >= 11 is 0. The second-order valence-electron chi connectivity index (χ2n) is 10.2. The van der Waals surface area contributed by atoms with Crippen LogP contribution in [0.25, 0.3) is 12.2 Å². The van der Waals surface area contributed by atoms with E-state index in [9.17, 15) is 9.18 Å². The number of amides is 1. The van der Waals surface area contributed by atoms with Gasteiger partial charge < -0.3 is 10.1 Å². The fourth-order valence-corrected chi connectivity index (χ4v) is 5.59. The summed E-state index contributed by atoms with van der Waals surface area (Å²) in [5.41, 5.74) is 4.20. The largest absolute Gasteiger partial charge is 0.445 e. The van der Waals surface area contributed by atoms with Crippen molar-refractivity contribution in [2.24, 2.45) is 11.3 Å². The predicted molar refractivity (Wildman–Crippen MR) is 125 cm³/mol. The Morgan fingerprint density at radius 1 is 1.12 bits per heavy atom. The lowest BCUT2D eigenvalue weighted by Crippen LogP contribution is -2.53. The molecule has 0 aromatic heterocycles. The third kappa shape index (κ3) is 4.31. The topological polar surface area (TPSA) is 41.6 Å². The molecule has 1 amide bonds. The number of rotatable bonds is 4. The van der Waals surface area contributed by atoms with Crippen LogP contribution in [-0.4, -0.2) is 36.7 Å². The van der Waals surface area contributed by atoms with Gasteiger partial charge in [0.15, 0.2) is 0 Å². The van der Waals surface area contributed by atoms with Crippen LogP contribution in [-0.2, 0) is 11.2 Å². The number of halogens is 1. The van der Waals surface area contributed by atoms with Crippen molar-refractivity contribution in [3.8, 4) is 0 Å². The molecule has 4 aliphatic rings. The molecule has 32 heavy (non-hydrogen) atoms. The standard InChI is InChI=1S/C27H31FN2O2/c1-27(2)16-21-14-19(7-6-18-4-3-5-22(28)15-18)8-9-23(21)25(27)29-26(31)32-24-17-30-12-10-20(24)11-13-30/h3-9,14-15,20,24-25H,10-13,16-17H2,1-2H3,(H,29,31)/b7-6+/t24-,25?/m0/s1. The van der Waals surface area contributed by atoms with Gasteiger partial charge in [-0.1, -0.05) is 56.3 Å². The molecule has 1 aliphatic carbocycles. The van der Waals surface area contributed by atoms with Crippen molar-refractivity contribution in [2.45, 2.75) is 45.3 Å². The Labute approximate surface area is 189 Å². The van der Waals surface area contributed by atoms with Crippen molar-refractivity contribution in [2.75, 3.05) is 19.6 Å². The average molecular weight is 435 g/mol. The molecule has 3 heterocycles. The van der Waals surface area contributed by atoms with Crippen molar-refractivity contribution >= 4 is 18.2 Å². The average Bonchev–Trinajstić information content (AvgIpc) is 3.02. The van der Waals surface area contributed by atoms with Gasteiger partial charge >= 0.3 is 6.09 Å². The maximum absolute atomic E-state index is 13.4. The number of fused-ring (bicyclic) bond motifs is 4. The van der Waals surface area contributed by atoms with E-state index in [1.807, 2.05) is 18.2 Å². The summed E-state index contributed by atoms with van der Waals surface area (Å²) in [5.74, 6) is 0.268. The van der Waals surface area contributed by atoms with Crippen molar-refractivity contribution < 1.29 is 13.9 Å². The Balaban J connectivity index is 1.28. The maximum atomic E-state index is 13.4. The lowest BCUT2D eigenvalue weighted by Gasteiger charge is -2.44. The number of hydrogen-bond donors (Lipinski definition) is 1. The molecule has 4 nitrogen and oxygen atoms in total. The minimum absolute atomic E-state index is 0.0109. The summed E-state index contributed by atoms with van der Waals surface area (Å²) in [5, 5.41) is 3.18. The summed E-state index contributed by atoms with van der Waals surface area (Å²) in [6.07, 6.45) is 6.77. The van der Waals surface area contributed by atoms with E-state index in [1.165, 1.54) is 17.7 Å². The van der Waals surface area contributed by atoms with Crippen LogP contribution in [0, 0.1) is 17.2 Å². The first-order chi connectivity index (χ1) is 15.4. The Kier molecular flexibility index (Phi) is 5.54. The number of benzene rings is 2. The molecular formula is C27H31FN2O2. The van der Waals surface area contributed by atoms with E-state index >= 15 is 0 Å². The Bertz CT molecular complexity index is 1040. The van der Waals surface area contributed by atoms with Gasteiger partial charge in [-0.3, -0.25) is 4.90 Å². The summed E-state index contributed by atoms with van der Waals surface area (Å²) in [6, 6.07) is 12.8. The van der Waals surface area contributed by atoms with Gasteiger partial charge in [0.25, 0.3) is 0 Å². The molecule has 5 heteroatoms. The van der Waals surface area contributed by atoms with Crippen LogP contribution >= 0.6 is 0 Å². The van der Waals surface area contributed by atoms with Crippen LogP contribution in [0.1, 0.15) is 55.0 Å². The third-order valence-corrected chi connectivity index (χ3v) is 7.34. The Morgan fingerprint density at radius 3 is 2.56 bits per heavy atom. The van der Waals surface area contributed by atoms with Gasteiger partial charge in [0.1, 0.15) is 11.9 Å². The number of carbonyl (C=O) groups excluding carboxylic acids is 1. The van der Waals surface area contributed by atoms with Gasteiger partial charge in [-0.2, -0.15) is 0 Å². The van der Waals surface area contributed by atoms with E-state index < -0.39 is 0 Å². The summed E-state index contributed by atoms with van der Waals surface area (Å²) in [7, 11) is 0. The molecule has 0 radical (unpaired) electrons. The van der Waals surface area contributed by atoms with Crippen LogP contribution in [0.2, 0.25) is 0 Å². The van der Waals surface area contributed by atoms with E-state index in [0.29, 0.717) is 5.92 Å². The van der Waals surface area contributed by atoms with Crippen LogP contribution in [0.5, 0.6) is 0 Å². The maximum Gasteiger partial charge on any atom is 0.407 e. The van der Waals surface area contributed by atoms with Gasteiger partial charge in [-0.15, -0.1) is 0 Å². The molecule has 6 rings (SSSR count). The van der Waals surface area contributed by atoms with Crippen molar-refractivity contribution in [1.29, 1.82) is 0 Å². The second-order valence-corrected chi connectivity index (χ2v) is 10.2. The molecule has 1 unspecified atom stereocenters. The van der Waals surface area contributed by atoms with E-state index in [4.69, 9.17) is 4.74 Å². The molecule has 2 aromatic rings. The number of ether oxygens (including phenoxy) is 1. The summed E-state index contributed by atoms with van der Waals surface area (Å²) in [4.78, 5) is 15.2. The van der Waals surface area contributed by atoms with Crippen LogP contribution in [0.4, 0.5) is 9.18 Å². The van der Waals surface area contributed by atoms with Crippen molar-refractivity contribution in [1.82, 2.24) is 10.2 Å². The van der Waals surface area contributed by atoms with Crippen LogP contribution in [0.15, 0.2) is 42.5 Å². The normalized spacial score (nSPS) is 28.0. The van der Waals surface area contributed by atoms with Gasteiger partial charge in [0.2, 0.25) is 0 Å². The molecule has 0 saturated carbocycles. The number of nitrogens with zero attached hydrogens (tertiary/aromatic N) is 1. The number of hydrogen-bond acceptors (Lipinski definition) is 3. The molecule has 2 aromatic carbocycles. The zero-order valence-corrected chi connectivity index (χ0v) is 18.8. The SMILES string of the molecule is CC1(C)Cc2cc(/C=C/c3cccc(F)c3)ccc2C1NC(=O)O[C@H]1CN2CCC1CC2. The molecule has 0 spiro atoms. The molecule has 2 atom stereocenters. The minimum atomic E-state index is -0.301. The number of carbonyl (C=O) groups is 1. The molecular weight excluding hydrogens is 403 g/mol. The molecule has 3 saturated heterocycles. The van der Waals surface area contributed by atoms with E-state index in [-0.39, 0.29) is 29.5 Å². The summed E-state index contributed by atoms with van der Waals surface area (Å²) < 4.78 is 19.3. The van der Waals surface area contributed by atoms with Gasteiger partial charge in [0.05, 0.1) is 6.04 Å². The molecule has 168 valence electrons. The van der Waals surface area contributed by atoms with Crippen molar-refractivity contribution in [3.05, 3.63) is 70.5 Å². The fraction of sp³-hybridized carbons (Fsp3) is 0.444. The Hall–Kier alpha value is -2.66. The smallest absolute Gasteiger partial charge is 0.407 e. The third-order valence-electron chi connectivity index (χ3n) is 7.34. The van der Waals surface area contributed by atoms with E-state index in [1.54, 1.807) is 6.07 Å². The van der Waals surface area contributed by atoms with Gasteiger partial charge in [-0.25, -0.2) is 9.18 Å². The quantitative estimate of drug-likeness (QED) is 0.652. The highest BCUT2D eigenvalue weighted by atomic mass is 19.1. The lowest BCUT2D eigenvalue weighted by atomic mass is 9.85. The van der Waals surface area contributed by atoms with Crippen LogP contribution in [0.3, 0.4) is 0 Å². The molecule has 3 fully saturated rings. The number of piperidine rings is 3. The number of alkyl carbamates (subject to hydrolysis) is 1. The highest BCUT2D eigenvalue weighted by Gasteiger charge is 2.41. The fourth-order valence-electron chi connectivity index (χ4n) is 5.59. The van der Waals surface area contributed by atoms with Gasteiger partial charge in [0, 0.05) is 6.54 Å². The second kappa shape index (κ2) is 8.36. The van der Waals surface area contributed by atoms with E-state index in [0.717, 1.165) is 55.6 Å². The highest BCUT2D eigenvalue weighted by molar-refractivity contribution is 5.71. The first-order valence-electron chi connectivity index (χ1n) is 11.6. The first-order valence-corrected chi connectivity index (χ1v) is 11.6. The minimum Gasteiger partial charge on any atom is -0.445 e. The van der Waals surface area contributed by atoms with Crippen LogP contribution < -0.4 is 5.32 Å². The Morgan fingerprint density at radius 2 is 1.88 bits per heavy atom. The highest BCUT2D eigenvalue weighted by Crippen LogP contribution is 2.45. The monoisotopic (exact) mass is 434 g/mol. The molecule has 3 aliphatic heterocycles. The summed E-state index contributed by atoms with van der Waals surface area (Å²) in [6.45, 7) is 7.50. The zero-order valence-electron chi connectivity index (χ0n) is 18.8. The molecule has 1 N–H and O–H groups in total. The zero-order chi connectivity index (χ0) is 22.3. The molecule has 2 bridgehead atoms.